The molecule has 0 spiro atoms. The first-order valence-electron chi connectivity index (χ1n) is 9.23. The lowest BCUT2D eigenvalue weighted by molar-refractivity contribution is -0.142. The first kappa shape index (κ1) is 19.3. The molecular weight excluding hydrogens is 316 g/mol. The fourth-order valence-corrected chi connectivity index (χ4v) is 3.41. The van der Waals surface area contributed by atoms with E-state index in [0.717, 1.165) is 24.8 Å². The zero-order valence-corrected chi connectivity index (χ0v) is 15.4. The van der Waals surface area contributed by atoms with Gasteiger partial charge in [-0.15, -0.1) is 0 Å². The summed E-state index contributed by atoms with van der Waals surface area (Å²) < 4.78 is 0. The molecule has 1 saturated carbocycles. The second-order valence-corrected chi connectivity index (χ2v) is 7.57. The van der Waals surface area contributed by atoms with E-state index in [4.69, 9.17) is 5.11 Å². The van der Waals surface area contributed by atoms with Crippen LogP contribution in [0.25, 0.3) is 0 Å². The minimum Gasteiger partial charge on any atom is -0.481 e. The lowest BCUT2D eigenvalue weighted by Crippen LogP contribution is -2.44. The molecule has 2 rings (SSSR count). The maximum Gasteiger partial charge on any atom is 0.315 e. The highest BCUT2D eigenvalue weighted by molar-refractivity contribution is 5.75. The predicted octanol–water partition coefficient (Wildman–Crippen LogP) is 3.89. The summed E-state index contributed by atoms with van der Waals surface area (Å²) in [5.41, 5.74) is 2.39. The predicted molar refractivity (Wildman–Crippen MR) is 98.4 cm³/mol. The molecule has 1 aliphatic carbocycles. The van der Waals surface area contributed by atoms with Crippen molar-refractivity contribution in [1.29, 1.82) is 0 Å². The van der Waals surface area contributed by atoms with Crippen molar-refractivity contribution in [2.24, 2.45) is 11.8 Å². The van der Waals surface area contributed by atoms with E-state index in [9.17, 15) is 9.59 Å². The monoisotopic (exact) mass is 346 g/mol. The molecule has 1 fully saturated rings. The Morgan fingerprint density at radius 2 is 1.68 bits per heavy atom. The molecule has 2 amide bonds. The third kappa shape index (κ3) is 6.07. The zero-order valence-electron chi connectivity index (χ0n) is 15.4. The first-order valence-corrected chi connectivity index (χ1v) is 9.23. The van der Waals surface area contributed by atoms with Crippen LogP contribution in [0, 0.1) is 11.8 Å². The number of rotatable bonds is 6. The van der Waals surface area contributed by atoms with Gasteiger partial charge in [0.05, 0.1) is 12.0 Å². The Hall–Kier alpha value is -2.04. The molecule has 0 aliphatic heterocycles. The van der Waals surface area contributed by atoms with Gasteiger partial charge in [-0.1, -0.05) is 38.1 Å². The van der Waals surface area contributed by atoms with Gasteiger partial charge in [0.25, 0.3) is 0 Å². The number of urea groups is 1. The summed E-state index contributed by atoms with van der Waals surface area (Å²) in [5, 5.41) is 15.0. The maximum absolute atomic E-state index is 12.2. The minimum absolute atomic E-state index is 0.0659. The van der Waals surface area contributed by atoms with Gasteiger partial charge < -0.3 is 15.7 Å². The molecule has 25 heavy (non-hydrogen) atoms. The number of benzene rings is 1. The summed E-state index contributed by atoms with van der Waals surface area (Å²) in [6.45, 7) is 6.37. The molecule has 0 aromatic heterocycles. The standard InChI is InChI=1S/C20H30N2O3/c1-13(2)12-15-4-6-16(7-5-15)14(3)21-20(25)22-18-10-8-17(9-11-18)19(23)24/h4-7,13-14,17-18H,8-12H2,1-3H3,(H,23,24)(H2,21,22,25). The Morgan fingerprint density at radius 1 is 1.08 bits per heavy atom. The van der Waals surface area contributed by atoms with Crippen molar-refractivity contribution >= 4 is 12.0 Å². The highest BCUT2D eigenvalue weighted by Gasteiger charge is 2.26. The third-order valence-corrected chi connectivity index (χ3v) is 4.88. The van der Waals surface area contributed by atoms with Crippen molar-refractivity contribution in [2.45, 2.75) is 65.0 Å². The lowest BCUT2D eigenvalue weighted by Gasteiger charge is -2.27. The van der Waals surface area contributed by atoms with Crippen LogP contribution in [0.1, 0.15) is 63.6 Å². The van der Waals surface area contributed by atoms with Gasteiger partial charge in [-0.05, 0) is 56.1 Å². The minimum atomic E-state index is -0.725. The van der Waals surface area contributed by atoms with Crippen LogP contribution in [0.3, 0.4) is 0 Å². The molecule has 3 N–H and O–H groups in total. The van der Waals surface area contributed by atoms with Crippen molar-refractivity contribution in [3.05, 3.63) is 35.4 Å². The van der Waals surface area contributed by atoms with Crippen LogP contribution in [-0.2, 0) is 11.2 Å². The number of carboxylic acids is 1. The average Bonchev–Trinajstić information content (AvgIpc) is 2.55. The first-order chi connectivity index (χ1) is 11.8. The Labute approximate surface area is 150 Å². The number of aliphatic carboxylic acids is 1. The summed E-state index contributed by atoms with van der Waals surface area (Å²) in [6.07, 6.45) is 3.77. The Kier molecular flexibility index (Phi) is 6.85. The van der Waals surface area contributed by atoms with Crippen LogP contribution < -0.4 is 10.6 Å². The number of carboxylic acid groups (broad SMARTS) is 1. The van der Waals surface area contributed by atoms with Crippen LogP contribution >= 0.6 is 0 Å². The molecule has 0 heterocycles. The molecule has 1 unspecified atom stereocenters. The van der Waals surface area contributed by atoms with Crippen LogP contribution in [0.2, 0.25) is 0 Å². The number of amides is 2. The number of hydrogen-bond acceptors (Lipinski definition) is 2. The van der Waals surface area contributed by atoms with Gasteiger partial charge in [0.2, 0.25) is 0 Å². The number of carbonyl (C=O) groups is 2. The van der Waals surface area contributed by atoms with Gasteiger partial charge in [-0.3, -0.25) is 4.79 Å². The van der Waals surface area contributed by atoms with E-state index in [1.165, 1.54) is 5.56 Å². The molecule has 1 aromatic rings. The molecule has 0 saturated heterocycles. The van der Waals surface area contributed by atoms with Crippen molar-refractivity contribution in [3.63, 3.8) is 0 Å². The molecule has 1 aliphatic rings. The van der Waals surface area contributed by atoms with E-state index < -0.39 is 5.97 Å². The smallest absolute Gasteiger partial charge is 0.315 e. The Balaban J connectivity index is 1.79. The SMILES string of the molecule is CC(C)Cc1ccc(C(C)NC(=O)NC2CCC(C(=O)O)CC2)cc1. The Morgan fingerprint density at radius 3 is 2.20 bits per heavy atom. The number of nitrogens with one attached hydrogen (secondary N) is 2. The summed E-state index contributed by atoms with van der Waals surface area (Å²) in [7, 11) is 0. The lowest BCUT2D eigenvalue weighted by atomic mass is 9.86. The van der Waals surface area contributed by atoms with Gasteiger partial charge >= 0.3 is 12.0 Å². The topological polar surface area (TPSA) is 78.4 Å². The van der Waals surface area contributed by atoms with Crippen molar-refractivity contribution < 1.29 is 14.7 Å². The second kappa shape index (κ2) is 8.88. The summed E-state index contributed by atoms with van der Waals surface area (Å²) in [6, 6.07) is 8.20. The largest absolute Gasteiger partial charge is 0.481 e. The number of hydrogen-bond donors (Lipinski definition) is 3. The van der Waals surface area contributed by atoms with E-state index in [1.807, 2.05) is 6.92 Å². The van der Waals surface area contributed by atoms with Crippen molar-refractivity contribution in [2.75, 3.05) is 0 Å². The van der Waals surface area contributed by atoms with E-state index in [2.05, 4.69) is 48.7 Å². The molecular formula is C20H30N2O3. The van der Waals surface area contributed by atoms with Gasteiger partial charge in [0.15, 0.2) is 0 Å². The van der Waals surface area contributed by atoms with Crippen LogP contribution in [0.15, 0.2) is 24.3 Å². The normalized spacial score (nSPS) is 21.6. The van der Waals surface area contributed by atoms with Gasteiger partial charge in [-0.25, -0.2) is 4.79 Å². The summed E-state index contributed by atoms with van der Waals surface area (Å²) >= 11 is 0. The molecule has 0 radical (unpaired) electrons. The molecule has 1 atom stereocenters. The third-order valence-electron chi connectivity index (χ3n) is 4.88. The van der Waals surface area contributed by atoms with Crippen LogP contribution in [-0.4, -0.2) is 23.1 Å². The fraction of sp³-hybridized carbons (Fsp3) is 0.600. The molecule has 0 bridgehead atoms. The van der Waals surface area contributed by atoms with Gasteiger partial charge in [0.1, 0.15) is 0 Å². The molecule has 1 aromatic carbocycles. The number of carbonyl (C=O) groups excluding carboxylic acids is 1. The molecule has 5 heteroatoms. The molecule has 5 nitrogen and oxygen atoms in total. The van der Waals surface area contributed by atoms with E-state index in [-0.39, 0.29) is 24.0 Å². The Bertz CT molecular complexity index is 575. The van der Waals surface area contributed by atoms with Crippen LogP contribution in [0.5, 0.6) is 0 Å². The molecule has 138 valence electrons. The highest BCUT2D eigenvalue weighted by Crippen LogP contribution is 2.24. The highest BCUT2D eigenvalue weighted by atomic mass is 16.4. The fourth-order valence-electron chi connectivity index (χ4n) is 3.41. The quantitative estimate of drug-likeness (QED) is 0.731. The van der Waals surface area contributed by atoms with Gasteiger partial charge in [0, 0.05) is 6.04 Å². The van der Waals surface area contributed by atoms with E-state index >= 15 is 0 Å². The summed E-state index contributed by atoms with van der Waals surface area (Å²) in [4.78, 5) is 23.2. The van der Waals surface area contributed by atoms with Crippen LogP contribution in [0.4, 0.5) is 4.79 Å². The summed E-state index contributed by atoms with van der Waals surface area (Å²) in [5.74, 6) is -0.356. The maximum atomic E-state index is 12.2. The van der Waals surface area contributed by atoms with Gasteiger partial charge in [-0.2, -0.15) is 0 Å². The van der Waals surface area contributed by atoms with Crippen molar-refractivity contribution in [1.82, 2.24) is 10.6 Å². The average molecular weight is 346 g/mol. The second-order valence-electron chi connectivity index (χ2n) is 7.57. The zero-order chi connectivity index (χ0) is 18.4. The van der Waals surface area contributed by atoms with Crippen molar-refractivity contribution in [3.8, 4) is 0 Å². The van der Waals surface area contributed by atoms with E-state index in [0.29, 0.717) is 18.8 Å². The van der Waals surface area contributed by atoms with E-state index in [1.54, 1.807) is 0 Å².